The van der Waals surface area contributed by atoms with Gasteiger partial charge >= 0.3 is 0 Å². The molecule has 0 unspecified atom stereocenters. The van der Waals surface area contributed by atoms with Gasteiger partial charge in [-0.25, -0.2) is 9.97 Å². The van der Waals surface area contributed by atoms with Crippen LogP contribution in [0, 0.1) is 0 Å². The van der Waals surface area contributed by atoms with Crippen molar-refractivity contribution in [3.05, 3.63) is 47.0 Å². The summed E-state index contributed by atoms with van der Waals surface area (Å²) >= 11 is 5.63. The zero-order chi connectivity index (χ0) is 14.7. The van der Waals surface area contributed by atoms with Crippen LogP contribution in [0.5, 0.6) is 11.5 Å². The average molecular weight is 306 g/mol. The smallest absolute Gasteiger partial charge is 0.271 e. The van der Waals surface area contributed by atoms with Gasteiger partial charge in [0.15, 0.2) is 11.5 Å². The summed E-state index contributed by atoms with van der Waals surface area (Å²) in [6.45, 7) is 1.45. The molecule has 21 heavy (non-hydrogen) atoms. The number of aromatic nitrogens is 2. The number of hydrogen-bond donors (Lipinski definition) is 1. The summed E-state index contributed by atoms with van der Waals surface area (Å²) in [7, 11) is 0. The molecular formula is C14H12ClN3O3. The highest BCUT2D eigenvalue weighted by atomic mass is 35.5. The first-order chi connectivity index (χ1) is 10.2. The largest absolute Gasteiger partial charge is 0.486 e. The Kier molecular flexibility index (Phi) is 3.87. The van der Waals surface area contributed by atoms with Crippen molar-refractivity contribution < 1.29 is 14.3 Å². The molecule has 2 heterocycles. The van der Waals surface area contributed by atoms with E-state index in [0.29, 0.717) is 25.5 Å². The highest BCUT2D eigenvalue weighted by Crippen LogP contribution is 2.30. The second-order valence-electron chi connectivity index (χ2n) is 4.39. The maximum absolute atomic E-state index is 11.9. The summed E-state index contributed by atoms with van der Waals surface area (Å²) in [5.74, 6) is 1.10. The molecule has 1 aromatic carbocycles. The van der Waals surface area contributed by atoms with E-state index in [9.17, 15) is 4.79 Å². The van der Waals surface area contributed by atoms with Crippen LogP contribution in [-0.2, 0) is 6.54 Å². The van der Waals surface area contributed by atoms with Gasteiger partial charge in [0.1, 0.15) is 24.1 Å². The van der Waals surface area contributed by atoms with Crippen molar-refractivity contribution in [3.63, 3.8) is 0 Å². The standard InChI is InChI=1S/C14H12ClN3O3/c15-13-8-16-10(7-17-13)14(19)18-6-9-1-2-11-12(5-9)21-4-3-20-11/h1-2,5,7-8H,3-4,6H2,(H,18,19). The van der Waals surface area contributed by atoms with Gasteiger partial charge in [-0.15, -0.1) is 0 Å². The Balaban J connectivity index is 1.64. The number of nitrogens with zero attached hydrogens (tertiary/aromatic N) is 2. The molecule has 1 aliphatic rings. The SMILES string of the molecule is O=C(NCc1ccc2c(c1)OCCO2)c1cnc(Cl)cn1. The number of nitrogens with one attached hydrogen (secondary N) is 1. The first-order valence-corrected chi connectivity index (χ1v) is 6.74. The fraction of sp³-hybridized carbons (Fsp3) is 0.214. The van der Waals surface area contributed by atoms with Crippen molar-refractivity contribution in [2.75, 3.05) is 13.2 Å². The Hall–Kier alpha value is -2.34. The Morgan fingerprint density at radius 2 is 2.00 bits per heavy atom. The lowest BCUT2D eigenvalue weighted by Crippen LogP contribution is -2.24. The highest BCUT2D eigenvalue weighted by molar-refractivity contribution is 6.29. The maximum Gasteiger partial charge on any atom is 0.271 e. The molecule has 3 rings (SSSR count). The van der Waals surface area contributed by atoms with Crippen molar-refractivity contribution >= 4 is 17.5 Å². The Morgan fingerprint density at radius 3 is 2.76 bits per heavy atom. The fourth-order valence-electron chi connectivity index (χ4n) is 1.90. The first kappa shape index (κ1) is 13.6. The van der Waals surface area contributed by atoms with E-state index in [4.69, 9.17) is 21.1 Å². The van der Waals surface area contributed by atoms with E-state index >= 15 is 0 Å². The number of benzene rings is 1. The van der Waals surface area contributed by atoms with Crippen LogP contribution in [0.1, 0.15) is 16.1 Å². The molecule has 0 atom stereocenters. The van der Waals surface area contributed by atoms with Gasteiger partial charge in [-0.2, -0.15) is 0 Å². The summed E-state index contributed by atoms with van der Waals surface area (Å²) in [4.78, 5) is 19.6. The zero-order valence-electron chi connectivity index (χ0n) is 11.0. The quantitative estimate of drug-likeness (QED) is 0.936. The lowest BCUT2D eigenvalue weighted by molar-refractivity contribution is 0.0945. The molecule has 1 N–H and O–H groups in total. The number of halogens is 1. The minimum absolute atomic E-state index is 0.219. The Labute approximate surface area is 126 Å². The van der Waals surface area contributed by atoms with Gasteiger partial charge in [-0.1, -0.05) is 17.7 Å². The molecule has 1 amide bonds. The molecule has 0 radical (unpaired) electrons. The lowest BCUT2D eigenvalue weighted by Gasteiger charge is -2.18. The summed E-state index contributed by atoms with van der Waals surface area (Å²) in [6.07, 6.45) is 2.67. The molecule has 0 bridgehead atoms. The van der Waals surface area contributed by atoms with Crippen LogP contribution in [0.3, 0.4) is 0 Å². The minimum atomic E-state index is -0.311. The predicted molar refractivity (Wildman–Crippen MR) is 75.6 cm³/mol. The van der Waals surface area contributed by atoms with E-state index in [-0.39, 0.29) is 16.8 Å². The summed E-state index contributed by atoms with van der Waals surface area (Å²) in [6, 6.07) is 5.56. The van der Waals surface area contributed by atoms with Gasteiger partial charge in [-0.05, 0) is 17.7 Å². The van der Waals surface area contributed by atoms with Crippen molar-refractivity contribution in [1.82, 2.24) is 15.3 Å². The van der Waals surface area contributed by atoms with Crippen molar-refractivity contribution in [2.24, 2.45) is 0 Å². The molecule has 2 aromatic rings. The topological polar surface area (TPSA) is 73.3 Å². The Morgan fingerprint density at radius 1 is 1.19 bits per heavy atom. The van der Waals surface area contributed by atoms with Crippen molar-refractivity contribution in [1.29, 1.82) is 0 Å². The lowest BCUT2D eigenvalue weighted by atomic mass is 10.2. The number of amides is 1. The molecule has 0 saturated heterocycles. The van der Waals surface area contributed by atoms with Crippen LogP contribution in [0.15, 0.2) is 30.6 Å². The van der Waals surface area contributed by atoms with Gasteiger partial charge in [0.05, 0.1) is 12.4 Å². The number of ether oxygens (including phenoxy) is 2. The molecular weight excluding hydrogens is 294 g/mol. The molecule has 0 aliphatic carbocycles. The van der Waals surface area contributed by atoms with E-state index < -0.39 is 0 Å². The Bertz CT molecular complexity index is 661. The van der Waals surface area contributed by atoms with Gasteiger partial charge in [0.25, 0.3) is 5.91 Å². The minimum Gasteiger partial charge on any atom is -0.486 e. The van der Waals surface area contributed by atoms with Gasteiger partial charge < -0.3 is 14.8 Å². The average Bonchev–Trinajstić information content (AvgIpc) is 2.53. The van der Waals surface area contributed by atoms with Crippen LogP contribution in [0.2, 0.25) is 5.15 Å². The summed E-state index contributed by atoms with van der Waals surface area (Å²) in [5.41, 5.74) is 1.13. The number of hydrogen-bond acceptors (Lipinski definition) is 5. The van der Waals surface area contributed by atoms with Crippen LogP contribution in [0.25, 0.3) is 0 Å². The molecule has 0 fully saturated rings. The van der Waals surface area contributed by atoms with Crippen LogP contribution in [-0.4, -0.2) is 29.1 Å². The number of carbonyl (C=O) groups excluding carboxylic acids is 1. The third-order valence-corrected chi connectivity index (χ3v) is 3.11. The third kappa shape index (κ3) is 3.22. The summed E-state index contributed by atoms with van der Waals surface area (Å²) < 4.78 is 10.9. The molecule has 6 nitrogen and oxygen atoms in total. The van der Waals surface area contributed by atoms with Crippen LogP contribution in [0.4, 0.5) is 0 Å². The number of rotatable bonds is 3. The molecule has 7 heteroatoms. The van der Waals surface area contributed by atoms with E-state index in [0.717, 1.165) is 11.3 Å². The monoisotopic (exact) mass is 305 g/mol. The molecule has 1 aliphatic heterocycles. The fourth-order valence-corrected chi connectivity index (χ4v) is 2.00. The van der Waals surface area contributed by atoms with Gasteiger partial charge in [-0.3, -0.25) is 4.79 Å². The van der Waals surface area contributed by atoms with E-state index in [1.165, 1.54) is 12.4 Å². The summed E-state index contributed by atoms with van der Waals surface area (Å²) in [5, 5.41) is 3.01. The van der Waals surface area contributed by atoms with Crippen molar-refractivity contribution in [2.45, 2.75) is 6.54 Å². The maximum atomic E-state index is 11.9. The van der Waals surface area contributed by atoms with Gasteiger partial charge in [0.2, 0.25) is 0 Å². The molecule has 1 aromatic heterocycles. The zero-order valence-corrected chi connectivity index (χ0v) is 11.8. The van der Waals surface area contributed by atoms with Gasteiger partial charge in [0, 0.05) is 6.54 Å². The van der Waals surface area contributed by atoms with Crippen LogP contribution >= 0.6 is 11.6 Å². The van der Waals surface area contributed by atoms with Crippen LogP contribution < -0.4 is 14.8 Å². The number of fused-ring (bicyclic) bond motifs is 1. The molecule has 0 spiro atoms. The first-order valence-electron chi connectivity index (χ1n) is 6.36. The van der Waals surface area contributed by atoms with E-state index in [2.05, 4.69) is 15.3 Å². The second-order valence-corrected chi connectivity index (χ2v) is 4.77. The normalized spacial score (nSPS) is 12.8. The number of carbonyl (C=O) groups is 1. The predicted octanol–water partition coefficient (Wildman–Crippen LogP) is 1.83. The highest BCUT2D eigenvalue weighted by Gasteiger charge is 2.12. The van der Waals surface area contributed by atoms with E-state index in [1.807, 2.05) is 18.2 Å². The van der Waals surface area contributed by atoms with Crippen molar-refractivity contribution in [3.8, 4) is 11.5 Å². The third-order valence-electron chi connectivity index (χ3n) is 2.91. The molecule has 0 saturated carbocycles. The van der Waals surface area contributed by atoms with E-state index in [1.54, 1.807) is 0 Å². The second kappa shape index (κ2) is 5.97. The molecule has 108 valence electrons.